The van der Waals surface area contributed by atoms with Gasteiger partial charge in [-0.1, -0.05) is 48.5 Å². The van der Waals surface area contributed by atoms with Crippen LogP contribution < -0.4 is 10.6 Å². The summed E-state index contributed by atoms with van der Waals surface area (Å²) in [6.45, 7) is 3.89. The number of aromatic nitrogens is 1. The van der Waals surface area contributed by atoms with E-state index in [1.807, 2.05) is 62.4 Å². The summed E-state index contributed by atoms with van der Waals surface area (Å²) in [5, 5.41) is 7.69. The van der Waals surface area contributed by atoms with Gasteiger partial charge in [0.15, 0.2) is 5.13 Å². The number of rotatable bonds is 5. The molecule has 0 bridgehead atoms. The number of hydrogen-bond donors (Lipinski definition) is 2. The number of para-hydroxylation sites is 1. The van der Waals surface area contributed by atoms with Gasteiger partial charge in [0.25, 0.3) is 5.91 Å². The van der Waals surface area contributed by atoms with E-state index >= 15 is 0 Å². The monoisotopic (exact) mass is 365 g/mol. The second-order valence-electron chi connectivity index (χ2n) is 5.97. The molecule has 2 aromatic carbocycles. The van der Waals surface area contributed by atoms with Crippen LogP contribution in [0, 0.1) is 13.8 Å². The topological polar surface area (TPSA) is 71.1 Å². The number of anilines is 2. The van der Waals surface area contributed by atoms with Crippen molar-refractivity contribution in [3.8, 4) is 0 Å². The van der Waals surface area contributed by atoms with Crippen LogP contribution in [0.4, 0.5) is 10.8 Å². The van der Waals surface area contributed by atoms with Gasteiger partial charge in [0.2, 0.25) is 5.91 Å². The minimum absolute atomic E-state index is 0.160. The predicted octanol–water partition coefficient (Wildman–Crippen LogP) is 4.19. The lowest BCUT2D eigenvalue weighted by Crippen LogP contribution is -2.16. The molecule has 0 atom stereocenters. The van der Waals surface area contributed by atoms with E-state index in [-0.39, 0.29) is 23.9 Å². The SMILES string of the molecule is Cc1cccc(C)c1NC(=O)c1csc(NC(=O)Cc2ccccc2)n1. The Morgan fingerprint density at radius 3 is 2.35 bits per heavy atom. The third kappa shape index (κ3) is 4.34. The molecule has 0 aliphatic heterocycles. The van der Waals surface area contributed by atoms with Gasteiger partial charge < -0.3 is 10.6 Å². The van der Waals surface area contributed by atoms with Gasteiger partial charge in [-0.05, 0) is 30.5 Å². The Labute approximate surface area is 156 Å². The van der Waals surface area contributed by atoms with Crippen molar-refractivity contribution in [2.75, 3.05) is 10.6 Å². The van der Waals surface area contributed by atoms with Crippen LogP contribution in [0.5, 0.6) is 0 Å². The number of carbonyl (C=O) groups is 2. The first-order valence-corrected chi connectivity index (χ1v) is 9.08. The molecule has 3 aromatic rings. The number of amides is 2. The van der Waals surface area contributed by atoms with Crippen molar-refractivity contribution in [1.29, 1.82) is 0 Å². The third-order valence-corrected chi connectivity index (χ3v) is 4.67. The van der Waals surface area contributed by atoms with E-state index < -0.39 is 0 Å². The maximum absolute atomic E-state index is 12.4. The van der Waals surface area contributed by atoms with Crippen LogP contribution in [0.1, 0.15) is 27.2 Å². The molecule has 2 amide bonds. The molecule has 0 fully saturated rings. The summed E-state index contributed by atoms with van der Waals surface area (Å²) in [6, 6.07) is 15.3. The van der Waals surface area contributed by atoms with Crippen LogP contribution in [0.2, 0.25) is 0 Å². The normalized spacial score (nSPS) is 10.4. The van der Waals surface area contributed by atoms with E-state index in [4.69, 9.17) is 0 Å². The molecule has 0 saturated heterocycles. The van der Waals surface area contributed by atoms with E-state index in [9.17, 15) is 9.59 Å². The summed E-state index contributed by atoms with van der Waals surface area (Å²) >= 11 is 1.23. The smallest absolute Gasteiger partial charge is 0.275 e. The average molecular weight is 365 g/mol. The summed E-state index contributed by atoms with van der Waals surface area (Å²) in [5.74, 6) is -0.450. The second kappa shape index (κ2) is 7.93. The van der Waals surface area contributed by atoms with Crippen molar-refractivity contribution in [3.05, 3.63) is 76.3 Å². The zero-order valence-electron chi connectivity index (χ0n) is 14.6. The second-order valence-corrected chi connectivity index (χ2v) is 6.83. The van der Waals surface area contributed by atoms with Crippen molar-refractivity contribution < 1.29 is 9.59 Å². The van der Waals surface area contributed by atoms with Gasteiger partial charge >= 0.3 is 0 Å². The summed E-state index contributed by atoms with van der Waals surface area (Å²) in [6.07, 6.45) is 0.268. The Morgan fingerprint density at radius 1 is 0.962 bits per heavy atom. The quantitative estimate of drug-likeness (QED) is 0.712. The molecule has 0 unspecified atom stereocenters. The fraction of sp³-hybridized carbons (Fsp3) is 0.150. The van der Waals surface area contributed by atoms with Crippen molar-refractivity contribution in [3.63, 3.8) is 0 Å². The number of hydrogen-bond acceptors (Lipinski definition) is 4. The van der Waals surface area contributed by atoms with Gasteiger partial charge in [-0.15, -0.1) is 11.3 Å². The molecule has 0 aliphatic rings. The van der Waals surface area contributed by atoms with Gasteiger partial charge in [-0.25, -0.2) is 4.98 Å². The van der Waals surface area contributed by atoms with Crippen molar-refractivity contribution in [2.24, 2.45) is 0 Å². The zero-order chi connectivity index (χ0) is 18.5. The van der Waals surface area contributed by atoms with Crippen molar-refractivity contribution in [1.82, 2.24) is 4.98 Å². The van der Waals surface area contributed by atoms with Crippen molar-refractivity contribution >= 4 is 34.0 Å². The molecule has 5 nitrogen and oxygen atoms in total. The highest BCUT2D eigenvalue weighted by Crippen LogP contribution is 2.22. The van der Waals surface area contributed by atoms with Gasteiger partial charge in [-0.3, -0.25) is 9.59 Å². The highest BCUT2D eigenvalue weighted by Gasteiger charge is 2.14. The Kier molecular flexibility index (Phi) is 5.43. The Hall–Kier alpha value is -2.99. The van der Waals surface area contributed by atoms with E-state index in [0.29, 0.717) is 5.13 Å². The molecule has 2 N–H and O–H groups in total. The van der Waals surface area contributed by atoms with E-state index in [2.05, 4.69) is 15.6 Å². The molecule has 1 heterocycles. The summed E-state index contributed by atoms with van der Waals surface area (Å²) < 4.78 is 0. The van der Waals surface area contributed by atoms with Gasteiger partial charge in [-0.2, -0.15) is 0 Å². The third-order valence-electron chi connectivity index (χ3n) is 3.91. The Bertz CT molecular complexity index is 915. The standard InChI is InChI=1S/C20H19N3O2S/c1-13-7-6-8-14(2)18(13)23-19(25)16-12-26-20(21-16)22-17(24)11-15-9-4-3-5-10-15/h3-10,12H,11H2,1-2H3,(H,23,25)(H,21,22,24). The van der Waals surface area contributed by atoms with Gasteiger partial charge in [0.05, 0.1) is 6.42 Å². The van der Waals surface area contributed by atoms with Gasteiger partial charge in [0, 0.05) is 11.1 Å². The number of aryl methyl sites for hydroxylation is 2. The maximum Gasteiger partial charge on any atom is 0.275 e. The van der Waals surface area contributed by atoms with E-state index in [1.54, 1.807) is 5.38 Å². The summed E-state index contributed by atoms with van der Waals surface area (Å²) in [5.41, 5.74) is 3.98. The van der Waals surface area contributed by atoms with E-state index in [0.717, 1.165) is 22.4 Å². The van der Waals surface area contributed by atoms with Gasteiger partial charge in [0.1, 0.15) is 5.69 Å². The number of carbonyl (C=O) groups excluding carboxylic acids is 2. The zero-order valence-corrected chi connectivity index (χ0v) is 15.4. The molecular weight excluding hydrogens is 346 g/mol. The molecule has 26 heavy (non-hydrogen) atoms. The first kappa shape index (κ1) is 17.8. The lowest BCUT2D eigenvalue weighted by atomic mass is 10.1. The van der Waals surface area contributed by atoms with Crippen LogP contribution in [-0.4, -0.2) is 16.8 Å². The van der Waals surface area contributed by atoms with Crippen LogP contribution in [0.25, 0.3) is 0 Å². The summed E-state index contributed by atoms with van der Waals surface area (Å²) in [4.78, 5) is 28.7. The molecule has 1 aromatic heterocycles. The van der Waals surface area contributed by atoms with Crippen LogP contribution in [0.15, 0.2) is 53.9 Å². The fourth-order valence-corrected chi connectivity index (χ4v) is 3.28. The Balaban J connectivity index is 1.64. The molecule has 0 radical (unpaired) electrons. The van der Waals surface area contributed by atoms with E-state index in [1.165, 1.54) is 11.3 Å². The predicted molar refractivity (Wildman–Crippen MR) is 105 cm³/mol. The largest absolute Gasteiger partial charge is 0.320 e. The Morgan fingerprint density at radius 2 is 1.65 bits per heavy atom. The lowest BCUT2D eigenvalue weighted by Gasteiger charge is -2.10. The molecule has 6 heteroatoms. The minimum Gasteiger partial charge on any atom is -0.320 e. The molecule has 132 valence electrons. The number of nitrogens with one attached hydrogen (secondary N) is 2. The molecule has 0 saturated carbocycles. The highest BCUT2D eigenvalue weighted by atomic mass is 32.1. The van der Waals surface area contributed by atoms with Crippen LogP contribution in [-0.2, 0) is 11.2 Å². The molecular formula is C20H19N3O2S. The van der Waals surface area contributed by atoms with Crippen LogP contribution in [0.3, 0.4) is 0 Å². The first-order valence-electron chi connectivity index (χ1n) is 8.20. The number of thiazole rings is 1. The lowest BCUT2D eigenvalue weighted by molar-refractivity contribution is -0.115. The first-order chi connectivity index (χ1) is 12.5. The van der Waals surface area contributed by atoms with Crippen molar-refractivity contribution in [2.45, 2.75) is 20.3 Å². The number of nitrogens with zero attached hydrogens (tertiary/aromatic N) is 1. The fourth-order valence-electron chi connectivity index (χ4n) is 2.57. The highest BCUT2D eigenvalue weighted by molar-refractivity contribution is 7.14. The maximum atomic E-state index is 12.4. The minimum atomic E-state index is -0.290. The summed E-state index contributed by atoms with van der Waals surface area (Å²) in [7, 11) is 0. The average Bonchev–Trinajstić information content (AvgIpc) is 3.07. The van der Waals surface area contributed by atoms with Crippen LogP contribution >= 0.6 is 11.3 Å². The molecule has 0 spiro atoms. The molecule has 3 rings (SSSR count). The molecule has 0 aliphatic carbocycles. The number of benzene rings is 2.